The van der Waals surface area contributed by atoms with Gasteiger partial charge in [0.15, 0.2) is 0 Å². The maximum absolute atomic E-state index is 10.8. The first-order chi connectivity index (χ1) is 8.54. The second-order valence-corrected chi connectivity index (χ2v) is 5.17. The van der Waals surface area contributed by atoms with Gasteiger partial charge in [0.1, 0.15) is 12.7 Å². The monoisotopic (exact) mass is 256 g/mol. The van der Waals surface area contributed by atoms with Crippen LogP contribution in [0.2, 0.25) is 0 Å². The van der Waals surface area contributed by atoms with Gasteiger partial charge >= 0.3 is 5.97 Å². The van der Waals surface area contributed by atoms with E-state index in [1.807, 2.05) is 0 Å². The molecule has 1 rings (SSSR count). The molecule has 104 valence electrons. The van der Waals surface area contributed by atoms with E-state index in [4.69, 9.17) is 9.47 Å². The van der Waals surface area contributed by atoms with E-state index in [9.17, 15) is 9.90 Å². The molecule has 0 bridgehead atoms. The first kappa shape index (κ1) is 15.2. The molecule has 1 fully saturated rings. The summed E-state index contributed by atoms with van der Waals surface area (Å²) in [7, 11) is 0. The van der Waals surface area contributed by atoms with Crippen molar-refractivity contribution in [3.05, 3.63) is 12.7 Å². The molecule has 4 nitrogen and oxygen atoms in total. The molecule has 0 spiro atoms. The topological polar surface area (TPSA) is 55.8 Å². The molecule has 0 amide bonds. The van der Waals surface area contributed by atoms with Gasteiger partial charge in [0.25, 0.3) is 0 Å². The van der Waals surface area contributed by atoms with Crippen molar-refractivity contribution in [2.45, 2.75) is 45.3 Å². The number of hydrogen-bond acceptors (Lipinski definition) is 4. The van der Waals surface area contributed by atoms with Gasteiger partial charge in [-0.05, 0) is 24.7 Å². The third-order valence-corrected chi connectivity index (χ3v) is 3.51. The van der Waals surface area contributed by atoms with Crippen LogP contribution in [0.3, 0.4) is 0 Å². The first-order valence-corrected chi connectivity index (χ1v) is 6.63. The Morgan fingerprint density at radius 2 is 2.00 bits per heavy atom. The lowest BCUT2D eigenvalue weighted by molar-refractivity contribution is -0.143. The van der Waals surface area contributed by atoms with Gasteiger partial charge in [0.2, 0.25) is 0 Å². The Bertz CT molecular complexity index is 267. The molecular formula is C14H24O4. The second kappa shape index (κ2) is 7.54. The van der Waals surface area contributed by atoms with Gasteiger partial charge in [-0.2, -0.15) is 0 Å². The quantitative estimate of drug-likeness (QED) is 0.582. The normalized spacial score (nSPS) is 29.6. The fourth-order valence-electron chi connectivity index (χ4n) is 2.49. The Hall–Kier alpha value is -0.870. The molecule has 0 radical (unpaired) electrons. The Labute approximate surface area is 109 Å². The molecule has 0 aromatic heterocycles. The minimum absolute atomic E-state index is 0.0413. The molecule has 18 heavy (non-hydrogen) atoms. The maximum atomic E-state index is 10.8. The zero-order valence-corrected chi connectivity index (χ0v) is 11.3. The molecular weight excluding hydrogens is 232 g/mol. The third-order valence-electron chi connectivity index (χ3n) is 3.51. The molecule has 0 heterocycles. The van der Waals surface area contributed by atoms with E-state index < -0.39 is 12.1 Å². The van der Waals surface area contributed by atoms with Gasteiger partial charge in [0, 0.05) is 6.08 Å². The van der Waals surface area contributed by atoms with Crippen molar-refractivity contribution in [1.29, 1.82) is 0 Å². The standard InChI is InChI=1S/C14H24O4/c1-4-13(16)17-8-12(15)9-18-14-10(2)6-5-7-11(14)3/h4,10-12,14-15H,1,5-9H2,2-3H3. The Morgan fingerprint density at radius 3 is 2.56 bits per heavy atom. The number of carbonyl (C=O) groups excluding carboxylic acids is 1. The van der Waals surface area contributed by atoms with Crippen molar-refractivity contribution in [3.8, 4) is 0 Å². The molecule has 1 aliphatic carbocycles. The molecule has 1 N–H and O–H groups in total. The van der Waals surface area contributed by atoms with E-state index >= 15 is 0 Å². The van der Waals surface area contributed by atoms with Crippen LogP contribution in [0.1, 0.15) is 33.1 Å². The zero-order chi connectivity index (χ0) is 13.5. The molecule has 0 aromatic rings. The Balaban J connectivity index is 2.26. The summed E-state index contributed by atoms with van der Waals surface area (Å²) >= 11 is 0. The van der Waals surface area contributed by atoms with Gasteiger partial charge < -0.3 is 14.6 Å². The average Bonchev–Trinajstić information content (AvgIpc) is 2.35. The van der Waals surface area contributed by atoms with Crippen LogP contribution in [0.25, 0.3) is 0 Å². The van der Waals surface area contributed by atoms with Crippen molar-refractivity contribution in [2.75, 3.05) is 13.2 Å². The molecule has 3 atom stereocenters. The highest BCUT2D eigenvalue weighted by Crippen LogP contribution is 2.31. The Morgan fingerprint density at radius 1 is 1.39 bits per heavy atom. The third kappa shape index (κ3) is 4.78. The summed E-state index contributed by atoms with van der Waals surface area (Å²) < 4.78 is 10.5. The summed E-state index contributed by atoms with van der Waals surface area (Å²) in [6.07, 6.45) is 4.12. The van der Waals surface area contributed by atoms with Gasteiger partial charge in [-0.15, -0.1) is 0 Å². The number of rotatable bonds is 6. The van der Waals surface area contributed by atoms with Crippen LogP contribution in [-0.4, -0.2) is 36.5 Å². The summed E-state index contributed by atoms with van der Waals surface area (Å²) in [6, 6.07) is 0. The number of aliphatic hydroxyl groups is 1. The molecule has 0 saturated heterocycles. The number of hydrogen-bond donors (Lipinski definition) is 1. The molecule has 1 saturated carbocycles. The van der Waals surface area contributed by atoms with Crippen LogP contribution in [0.15, 0.2) is 12.7 Å². The van der Waals surface area contributed by atoms with Crippen LogP contribution in [-0.2, 0) is 14.3 Å². The van der Waals surface area contributed by atoms with E-state index in [0.717, 1.165) is 6.08 Å². The van der Waals surface area contributed by atoms with Crippen LogP contribution in [0, 0.1) is 11.8 Å². The minimum Gasteiger partial charge on any atom is -0.460 e. The summed E-state index contributed by atoms with van der Waals surface area (Å²) in [4.78, 5) is 10.8. The van der Waals surface area contributed by atoms with Crippen LogP contribution in [0.4, 0.5) is 0 Å². The average molecular weight is 256 g/mol. The highest BCUT2D eigenvalue weighted by atomic mass is 16.5. The highest BCUT2D eigenvalue weighted by Gasteiger charge is 2.28. The van der Waals surface area contributed by atoms with Crippen molar-refractivity contribution in [1.82, 2.24) is 0 Å². The van der Waals surface area contributed by atoms with Gasteiger partial charge in [0.05, 0.1) is 12.7 Å². The summed E-state index contributed by atoms with van der Waals surface area (Å²) in [5, 5.41) is 9.66. The zero-order valence-electron chi connectivity index (χ0n) is 11.3. The first-order valence-electron chi connectivity index (χ1n) is 6.63. The van der Waals surface area contributed by atoms with Crippen LogP contribution in [0.5, 0.6) is 0 Å². The predicted octanol–water partition coefficient (Wildman–Crippen LogP) is 1.92. The summed E-state index contributed by atoms with van der Waals surface area (Å²) in [5.41, 5.74) is 0. The fraction of sp³-hybridized carbons (Fsp3) is 0.786. The molecule has 0 aromatic carbocycles. The predicted molar refractivity (Wildman–Crippen MR) is 69.1 cm³/mol. The van der Waals surface area contributed by atoms with E-state index in [1.165, 1.54) is 19.3 Å². The molecule has 4 heteroatoms. The lowest BCUT2D eigenvalue weighted by Gasteiger charge is -2.34. The maximum Gasteiger partial charge on any atom is 0.330 e. The van der Waals surface area contributed by atoms with Crippen molar-refractivity contribution in [3.63, 3.8) is 0 Å². The Kier molecular flexibility index (Phi) is 6.36. The molecule has 1 aliphatic rings. The smallest absolute Gasteiger partial charge is 0.330 e. The minimum atomic E-state index is -0.768. The van der Waals surface area contributed by atoms with Crippen molar-refractivity contribution in [2.24, 2.45) is 11.8 Å². The van der Waals surface area contributed by atoms with Crippen LogP contribution < -0.4 is 0 Å². The number of esters is 1. The van der Waals surface area contributed by atoms with Crippen molar-refractivity contribution < 1.29 is 19.4 Å². The van der Waals surface area contributed by atoms with Gasteiger partial charge in [-0.1, -0.05) is 26.8 Å². The highest BCUT2D eigenvalue weighted by molar-refractivity contribution is 5.81. The molecule has 0 aliphatic heterocycles. The van der Waals surface area contributed by atoms with Gasteiger partial charge in [-0.25, -0.2) is 4.79 Å². The number of ether oxygens (including phenoxy) is 2. The SMILES string of the molecule is C=CC(=O)OCC(O)COC1C(C)CCCC1C. The van der Waals surface area contributed by atoms with E-state index in [0.29, 0.717) is 11.8 Å². The van der Waals surface area contributed by atoms with Crippen molar-refractivity contribution >= 4 is 5.97 Å². The lowest BCUT2D eigenvalue weighted by Crippen LogP contribution is -2.36. The van der Waals surface area contributed by atoms with E-state index in [1.54, 1.807) is 0 Å². The largest absolute Gasteiger partial charge is 0.460 e. The summed E-state index contributed by atoms with van der Waals surface area (Å²) in [6.45, 7) is 7.83. The number of aliphatic hydroxyl groups excluding tert-OH is 1. The summed E-state index contributed by atoms with van der Waals surface area (Å²) in [5.74, 6) is 0.529. The second-order valence-electron chi connectivity index (χ2n) is 5.17. The molecule has 3 unspecified atom stereocenters. The number of carbonyl (C=O) groups is 1. The van der Waals surface area contributed by atoms with Crippen LogP contribution >= 0.6 is 0 Å². The lowest BCUT2D eigenvalue weighted by atomic mass is 9.80. The van der Waals surface area contributed by atoms with Gasteiger partial charge in [-0.3, -0.25) is 0 Å². The van der Waals surface area contributed by atoms with E-state index in [-0.39, 0.29) is 19.3 Å². The van der Waals surface area contributed by atoms with E-state index in [2.05, 4.69) is 20.4 Å². The fourth-order valence-corrected chi connectivity index (χ4v) is 2.49.